The highest BCUT2D eigenvalue weighted by Gasteiger charge is 2.62. The molecule has 0 spiro atoms. The van der Waals surface area contributed by atoms with Crippen molar-refractivity contribution in [2.24, 2.45) is 5.41 Å². The summed E-state index contributed by atoms with van der Waals surface area (Å²) >= 11 is 2.85. The van der Waals surface area contributed by atoms with Crippen LogP contribution in [0.4, 0.5) is 13.2 Å². The quantitative estimate of drug-likeness (QED) is 0.574. The van der Waals surface area contributed by atoms with E-state index in [1.165, 1.54) is 0 Å². The van der Waals surface area contributed by atoms with E-state index in [1.54, 1.807) is 0 Å². The molecule has 0 bridgehead atoms. The first-order valence-corrected chi connectivity index (χ1v) is 3.77. The minimum absolute atomic E-state index is 0.0590. The van der Waals surface area contributed by atoms with Gasteiger partial charge < -0.3 is 0 Å². The van der Waals surface area contributed by atoms with Gasteiger partial charge in [0, 0.05) is 5.33 Å². The number of hydrogen-bond acceptors (Lipinski definition) is 0. The summed E-state index contributed by atoms with van der Waals surface area (Å²) in [4.78, 5) is 0. The fraction of sp³-hybridized carbons (Fsp3) is 1.00. The molecule has 0 aromatic carbocycles. The lowest BCUT2D eigenvalue weighted by Gasteiger charge is -2.14. The second-order valence-corrected chi connectivity index (χ2v) is 2.97. The number of rotatable bonds is 1. The van der Waals surface area contributed by atoms with Crippen LogP contribution in [-0.2, 0) is 0 Å². The molecule has 1 rings (SSSR count). The fourth-order valence-corrected chi connectivity index (χ4v) is 1.52. The van der Waals surface area contributed by atoms with E-state index < -0.39 is 11.6 Å². The Hall–Kier alpha value is 0.270. The van der Waals surface area contributed by atoms with Crippen LogP contribution in [0, 0.1) is 5.41 Å². The van der Waals surface area contributed by atoms with Crippen LogP contribution in [0.3, 0.4) is 0 Å². The van der Waals surface area contributed by atoms with Crippen LogP contribution in [0.2, 0.25) is 0 Å². The minimum Gasteiger partial charge on any atom is -0.170 e. The van der Waals surface area contributed by atoms with Crippen molar-refractivity contribution in [1.29, 1.82) is 0 Å². The molecule has 9 heavy (non-hydrogen) atoms. The first-order valence-electron chi connectivity index (χ1n) is 2.64. The predicted molar refractivity (Wildman–Crippen MR) is 31.5 cm³/mol. The Morgan fingerprint density at radius 3 is 1.78 bits per heavy atom. The molecule has 0 atom stereocenters. The van der Waals surface area contributed by atoms with Gasteiger partial charge in [-0.1, -0.05) is 15.9 Å². The highest BCUT2D eigenvalue weighted by molar-refractivity contribution is 9.09. The van der Waals surface area contributed by atoms with Crippen LogP contribution in [0.5, 0.6) is 0 Å². The molecule has 0 radical (unpaired) electrons. The molecule has 0 aliphatic heterocycles. The van der Waals surface area contributed by atoms with E-state index in [2.05, 4.69) is 15.9 Å². The van der Waals surface area contributed by atoms with Crippen molar-refractivity contribution in [3.05, 3.63) is 0 Å². The van der Waals surface area contributed by atoms with Crippen LogP contribution < -0.4 is 0 Å². The monoisotopic (exact) mass is 202 g/mol. The second-order valence-electron chi connectivity index (χ2n) is 2.41. The van der Waals surface area contributed by atoms with E-state index in [0.717, 1.165) is 0 Å². The highest BCUT2D eigenvalue weighted by atomic mass is 79.9. The Morgan fingerprint density at radius 2 is 1.78 bits per heavy atom. The minimum atomic E-state index is -3.99. The third-order valence-electron chi connectivity index (χ3n) is 1.71. The molecule has 54 valence electrons. The van der Waals surface area contributed by atoms with E-state index in [4.69, 9.17) is 0 Å². The summed E-state index contributed by atoms with van der Waals surface area (Å²) in [6.45, 7) is 0. The number of hydrogen-bond donors (Lipinski definition) is 0. The van der Waals surface area contributed by atoms with Crippen molar-refractivity contribution in [2.75, 3.05) is 5.33 Å². The van der Waals surface area contributed by atoms with Crippen molar-refractivity contribution in [3.8, 4) is 0 Å². The average Bonchev–Trinajstić information content (AvgIpc) is 2.40. The van der Waals surface area contributed by atoms with Gasteiger partial charge in [0.25, 0.3) is 0 Å². The van der Waals surface area contributed by atoms with E-state index >= 15 is 0 Å². The molecule has 0 heterocycles. The average molecular weight is 203 g/mol. The molecular formula is C5H6BrF3. The van der Waals surface area contributed by atoms with Crippen molar-refractivity contribution >= 4 is 15.9 Å². The first kappa shape index (κ1) is 7.38. The van der Waals surface area contributed by atoms with Crippen LogP contribution in [-0.4, -0.2) is 11.5 Å². The molecule has 0 unspecified atom stereocenters. The van der Waals surface area contributed by atoms with Gasteiger partial charge in [0.2, 0.25) is 0 Å². The molecule has 1 saturated carbocycles. The molecule has 0 saturated heterocycles. The number of halogens is 4. The van der Waals surface area contributed by atoms with Crippen molar-refractivity contribution < 1.29 is 13.2 Å². The van der Waals surface area contributed by atoms with Gasteiger partial charge in [-0.05, 0) is 12.8 Å². The Kier molecular flexibility index (Phi) is 1.54. The molecule has 1 fully saturated rings. The summed E-state index contributed by atoms with van der Waals surface area (Å²) in [6.07, 6.45) is -3.40. The van der Waals surface area contributed by atoms with E-state index in [0.29, 0.717) is 12.8 Å². The van der Waals surface area contributed by atoms with E-state index in [-0.39, 0.29) is 5.33 Å². The van der Waals surface area contributed by atoms with Crippen molar-refractivity contribution in [3.63, 3.8) is 0 Å². The standard InChI is InChI=1S/C5H6BrF3/c6-3-4(1-2-4)5(7,8)9/h1-3H2. The second kappa shape index (κ2) is 1.87. The molecular weight excluding hydrogens is 197 g/mol. The Balaban J connectivity index is 2.60. The Bertz CT molecular complexity index is 114. The zero-order valence-corrected chi connectivity index (χ0v) is 6.22. The summed E-state index contributed by atoms with van der Waals surface area (Å²) in [6, 6.07) is 0. The first-order chi connectivity index (χ1) is 4.02. The summed E-state index contributed by atoms with van der Waals surface area (Å²) in [7, 11) is 0. The lowest BCUT2D eigenvalue weighted by molar-refractivity contribution is -0.179. The zero-order chi connectivity index (χ0) is 7.12. The number of alkyl halides is 4. The third kappa shape index (κ3) is 1.09. The summed E-state index contributed by atoms with van der Waals surface area (Å²) < 4.78 is 35.6. The Morgan fingerprint density at radius 1 is 1.33 bits per heavy atom. The predicted octanol–water partition coefficient (Wildman–Crippen LogP) is 2.72. The van der Waals surface area contributed by atoms with Crippen LogP contribution in [0.1, 0.15) is 12.8 Å². The van der Waals surface area contributed by atoms with Gasteiger partial charge in [0.05, 0.1) is 5.41 Å². The zero-order valence-electron chi connectivity index (χ0n) is 4.63. The SMILES string of the molecule is FC(F)(F)C1(CBr)CC1. The molecule has 0 amide bonds. The summed E-state index contributed by atoms with van der Waals surface area (Å²) in [5.74, 6) is 0. The van der Waals surface area contributed by atoms with Gasteiger partial charge in [0.1, 0.15) is 0 Å². The van der Waals surface area contributed by atoms with Gasteiger partial charge >= 0.3 is 6.18 Å². The topological polar surface area (TPSA) is 0 Å². The van der Waals surface area contributed by atoms with Gasteiger partial charge in [-0.15, -0.1) is 0 Å². The lowest BCUT2D eigenvalue weighted by Crippen LogP contribution is -2.25. The van der Waals surface area contributed by atoms with Gasteiger partial charge in [-0.25, -0.2) is 0 Å². The molecule has 0 N–H and O–H groups in total. The largest absolute Gasteiger partial charge is 0.395 e. The lowest BCUT2D eigenvalue weighted by atomic mass is 10.1. The van der Waals surface area contributed by atoms with Gasteiger partial charge in [-0.3, -0.25) is 0 Å². The van der Waals surface area contributed by atoms with Crippen LogP contribution in [0.25, 0.3) is 0 Å². The normalized spacial score (nSPS) is 24.0. The molecule has 0 aromatic heterocycles. The van der Waals surface area contributed by atoms with Crippen molar-refractivity contribution in [1.82, 2.24) is 0 Å². The maximum atomic E-state index is 11.9. The molecule has 0 nitrogen and oxygen atoms in total. The maximum absolute atomic E-state index is 11.9. The van der Waals surface area contributed by atoms with Gasteiger partial charge in [-0.2, -0.15) is 13.2 Å². The molecule has 1 aliphatic carbocycles. The van der Waals surface area contributed by atoms with Gasteiger partial charge in [0.15, 0.2) is 0 Å². The fourth-order valence-electron chi connectivity index (χ4n) is 0.644. The third-order valence-corrected chi connectivity index (χ3v) is 2.78. The van der Waals surface area contributed by atoms with E-state index in [9.17, 15) is 13.2 Å². The van der Waals surface area contributed by atoms with E-state index in [1.807, 2.05) is 0 Å². The molecule has 4 heteroatoms. The molecule has 0 aromatic rings. The highest BCUT2D eigenvalue weighted by Crippen LogP contribution is 2.58. The summed E-state index contributed by atoms with van der Waals surface area (Å²) in [5.41, 5.74) is -1.35. The Labute approximate surface area is 59.6 Å². The molecule has 1 aliphatic rings. The smallest absolute Gasteiger partial charge is 0.170 e. The van der Waals surface area contributed by atoms with Crippen LogP contribution in [0.15, 0.2) is 0 Å². The summed E-state index contributed by atoms with van der Waals surface area (Å²) in [5, 5.41) is 0.0590. The van der Waals surface area contributed by atoms with Crippen molar-refractivity contribution in [2.45, 2.75) is 19.0 Å². The van der Waals surface area contributed by atoms with Crippen LogP contribution >= 0.6 is 15.9 Å². The maximum Gasteiger partial charge on any atom is 0.395 e.